The standard InChI is InChI=1S/C13H29NO4/c1-4-5-6-18-10-13(17)9-14(7-11(2)15)8-12(3)16/h11-13,15-17H,4-10H2,1-3H3. The second kappa shape index (κ2) is 10.7. The van der Waals surface area contributed by atoms with Crippen LogP contribution in [0, 0.1) is 0 Å². The Morgan fingerprint density at radius 1 is 1.00 bits per heavy atom. The quantitative estimate of drug-likeness (QED) is 0.465. The third-order valence-electron chi connectivity index (χ3n) is 2.47. The van der Waals surface area contributed by atoms with Crippen LogP contribution in [0.4, 0.5) is 0 Å². The van der Waals surface area contributed by atoms with E-state index in [9.17, 15) is 15.3 Å². The minimum absolute atomic E-state index is 0.302. The molecule has 0 aliphatic carbocycles. The first-order chi connectivity index (χ1) is 8.45. The van der Waals surface area contributed by atoms with E-state index in [4.69, 9.17) is 4.74 Å². The van der Waals surface area contributed by atoms with Gasteiger partial charge in [0.15, 0.2) is 0 Å². The van der Waals surface area contributed by atoms with Crippen molar-refractivity contribution in [3.05, 3.63) is 0 Å². The highest BCUT2D eigenvalue weighted by atomic mass is 16.5. The number of nitrogens with zero attached hydrogens (tertiary/aromatic N) is 1. The van der Waals surface area contributed by atoms with Gasteiger partial charge in [-0.15, -0.1) is 0 Å². The van der Waals surface area contributed by atoms with Gasteiger partial charge in [-0.1, -0.05) is 13.3 Å². The third kappa shape index (κ3) is 10.9. The minimum Gasteiger partial charge on any atom is -0.392 e. The van der Waals surface area contributed by atoms with Crippen molar-refractivity contribution in [1.82, 2.24) is 4.90 Å². The maximum atomic E-state index is 9.81. The smallest absolute Gasteiger partial charge is 0.0900 e. The van der Waals surface area contributed by atoms with Gasteiger partial charge in [0.2, 0.25) is 0 Å². The highest BCUT2D eigenvalue weighted by molar-refractivity contribution is 4.69. The van der Waals surface area contributed by atoms with E-state index in [-0.39, 0.29) is 0 Å². The summed E-state index contributed by atoms with van der Waals surface area (Å²) in [6.45, 7) is 7.73. The van der Waals surface area contributed by atoms with Crippen LogP contribution in [-0.4, -0.2) is 71.4 Å². The maximum absolute atomic E-state index is 9.81. The molecule has 0 aliphatic rings. The molecule has 0 aliphatic heterocycles. The van der Waals surface area contributed by atoms with E-state index in [1.54, 1.807) is 13.8 Å². The highest BCUT2D eigenvalue weighted by Gasteiger charge is 2.15. The van der Waals surface area contributed by atoms with Gasteiger partial charge >= 0.3 is 0 Å². The van der Waals surface area contributed by atoms with Crippen LogP contribution >= 0.6 is 0 Å². The van der Waals surface area contributed by atoms with E-state index in [1.165, 1.54) is 0 Å². The molecule has 5 heteroatoms. The summed E-state index contributed by atoms with van der Waals surface area (Å²) in [6, 6.07) is 0. The van der Waals surface area contributed by atoms with Gasteiger partial charge in [0.1, 0.15) is 0 Å². The molecule has 0 heterocycles. The van der Waals surface area contributed by atoms with E-state index in [1.807, 2.05) is 4.90 Å². The molecule has 0 radical (unpaired) electrons. The average Bonchev–Trinajstić information content (AvgIpc) is 2.22. The Morgan fingerprint density at radius 3 is 2.00 bits per heavy atom. The lowest BCUT2D eigenvalue weighted by Crippen LogP contribution is -2.42. The first-order valence-electron chi connectivity index (χ1n) is 6.80. The van der Waals surface area contributed by atoms with Gasteiger partial charge in [0, 0.05) is 26.2 Å². The topological polar surface area (TPSA) is 73.2 Å². The fourth-order valence-corrected chi connectivity index (χ4v) is 1.79. The van der Waals surface area contributed by atoms with Crippen molar-refractivity contribution >= 4 is 0 Å². The molecule has 3 unspecified atom stereocenters. The summed E-state index contributed by atoms with van der Waals surface area (Å²) in [5.74, 6) is 0. The number of ether oxygens (including phenoxy) is 1. The van der Waals surface area contributed by atoms with E-state index in [0.29, 0.717) is 32.8 Å². The first kappa shape index (κ1) is 17.8. The van der Waals surface area contributed by atoms with Gasteiger partial charge in [-0.05, 0) is 20.3 Å². The van der Waals surface area contributed by atoms with E-state index < -0.39 is 18.3 Å². The average molecular weight is 263 g/mol. The molecule has 0 spiro atoms. The fraction of sp³-hybridized carbons (Fsp3) is 1.00. The molecule has 0 aromatic heterocycles. The van der Waals surface area contributed by atoms with Gasteiger partial charge in [0.05, 0.1) is 24.9 Å². The predicted molar refractivity (Wildman–Crippen MR) is 71.5 cm³/mol. The van der Waals surface area contributed by atoms with Crippen LogP contribution in [0.15, 0.2) is 0 Å². The van der Waals surface area contributed by atoms with Crippen LogP contribution in [0.25, 0.3) is 0 Å². The number of aliphatic hydroxyl groups is 3. The highest BCUT2D eigenvalue weighted by Crippen LogP contribution is 1.99. The van der Waals surface area contributed by atoms with Gasteiger partial charge in [0.25, 0.3) is 0 Å². The van der Waals surface area contributed by atoms with Gasteiger partial charge in [-0.25, -0.2) is 0 Å². The summed E-state index contributed by atoms with van der Waals surface area (Å²) < 4.78 is 5.35. The van der Waals surface area contributed by atoms with Gasteiger partial charge in [-0.2, -0.15) is 0 Å². The molecule has 110 valence electrons. The lowest BCUT2D eigenvalue weighted by atomic mass is 10.2. The molecular formula is C13H29NO4. The van der Waals surface area contributed by atoms with Crippen LogP contribution in [0.2, 0.25) is 0 Å². The van der Waals surface area contributed by atoms with E-state index >= 15 is 0 Å². The van der Waals surface area contributed by atoms with Crippen LogP contribution < -0.4 is 0 Å². The van der Waals surface area contributed by atoms with E-state index in [2.05, 4.69) is 6.92 Å². The molecular weight excluding hydrogens is 234 g/mol. The number of hydrogen-bond donors (Lipinski definition) is 3. The number of aliphatic hydroxyl groups excluding tert-OH is 3. The van der Waals surface area contributed by atoms with Crippen molar-refractivity contribution in [3.63, 3.8) is 0 Å². The Labute approximate surface area is 110 Å². The monoisotopic (exact) mass is 263 g/mol. The normalized spacial score (nSPS) is 16.8. The van der Waals surface area contributed by atoms with Crippen LogP contribution in [-0.2, 0) is 4.74 Å². The largest absolute Gasteiger partial charge is 0.392 e. The minimum atomic E-state index is -0.584. The van der Waals surface area contributed by atoms with Crippen LogP contribution in [0.1, 0.15) is 33.6 Å². The summed E-state index contributed by atoms with van der Waals surface area (Å²) in [7, 11) is 0. The summed E-state index contributed by atoms with van der Waals surface area (Å²) in [4.78, 5) is 1.85. The molecule has 0 saturated heterocycles. The van der Waals surface area contributed by atoms with Crippen molar-refractivity contribution in [1.29, 1.82) is 0 Å². The Bertz CT molecular complexity index is 178. The zero-order valence-electron chi connectivity index (χ0n) is 11.9. The van der Waals surface area contributed by atoms with Crippen LogP contribution in [0.5, 0.6) is 0 Å². The lowest BCUT2D eigenvalue weighted by molar-refractivity contribution is -0.000454. The van der Waals surface area contributed by atoms with Gasteiger partial charge < -0.3 is 20.1 Å². The first-order valence-corrected chi connectivity index (χ1v) is 6.80. The molecule has 0 bridgehead atoms. The molecule has 0 fully saturated rings. The third-order valence-corrected chi connectivity index (χ3v) is 2.47. The number of rotatable bonds is 11. The van der Waals surface area contributed by atoms with Crippen LogP contribution in [0.3, 0.4) is 0 Å². The maximum Gasteiger partial charge on any atom is 0.0900 e. The second-order valence-corrected chi connectivity index (χ2v) is 5.00. The summed E-state index contributed by atoms with van der Waals surface area (Å²) in [5.41, 5.74) is 0. The molecule has 0 aromatic carbocycles. The SMILES string of the molecule is CCCCOCC(O)CN(CC(C)O)CC(C)O. The zero-order chi connectivity index (χ0) is 14.0. The van der Waals surface area contributed by atoms with E-state index in [0.717, 1.165) is 12.8 Å². The number of hydrogen-bond acceptors (Lipinski definition) is 5. The number of unbranched alkanes of at least 4 members (excludes halogenated alkanes) is 1. The van der Waals surface area contributed by atoms with Gasteiger partial charge in [-0.3, -0.25) is 4.90 Å². The molecule has 3 N–H and O–H groups in total. The zero-order valence-corrected chi connectivity index (χ0v) is 11.9. The lowest BCUT2D eigenvalue weighted by Gasteiger charge is -2.27. The molecule has 0 amide bonds. The Kier molecular flexibility index (Phi) is 10.6. The summed E-state index contributed by atoms with van der Waals surface area (Å²) in [5, 5.41) is 28.5. The Morgan fingerprint density at radius 2 is 1.56 bits per heavy atom. The Balaban J connectivity index is 3.89. The van der Waals surface area contributed by atoms with Crippen molar-refractivity contribution in [2.24, 2.45) is 0 Å². The molecule has 0 aromatic rings. The van der Waals surface area contributed by atoms with Crippen molar-refractivity contribution in [3.8, 4) is 0 Å². The fourth-order valence-electron chi connectivity index (χ4n) is 1.79. The molecule has 3 atom stereocenters. The molecule has 0 rings (SSSR count). The summed E-state index contributed by atoms with van der Waals surface area (Å²) in [6.07, 6.45) is 0.539. The predicted octanol–water partition coefficient (Wildman–Crippen LogP) is 0.228. The van der Waals surface area contributed by atoms with Crippen molar-refractivity contribution in [2.75, 3.05) is 32.8 Å². The summed E-state index contributed by atoms with van der Waals surface area (Å²) >= 11 is 0. The molecule has 18 heavy (non-hydrogen) atoms. The van der Waals surface area contributed by atoms with Crippen molar-refractivity contribution in [2.45, 2.75) is 51.9 Å². The molecule has 5 nitrogen and oxygen atoms in total. The second-order valence-electron chi connectivity index (χ2n) is 5.00. The van der Waals surface area contributed by atoms with Crippen molar-refractivity contribution < 1.29 is 20.1 Å². The Hall–Kier alpha value is -0.200. The molecule has 0 saturated carbocycles.